The maximum absolute atomic E-state index is 11.4. The molecule has 1 atom stereocenters. The molecular formula is C17H25N3O2S. The summed E-state index contributed by atoms with van der Waals surface area (Å²) >= 11 is 2.04. The second kappa shape index (κ2) is 9.45. The van der Waals surface area contributed by atoms with Crippen LogP contribution in [-0.2, 0) is 11.2 Å². The molecule has 0 bridgehead atoms. The van der Waals surface area contributed by atoms with Crippen molar-refractivity contribution >= 4 is 23.7 Å². The first kappa shape index (κ1) is 17.7. The van der Waals surface area contributed by atoms with Gasteiger partial charge in [0.15, 0.2) is 5.96 Å². The summed E-state index contributed by atoms with van der Waals surface area (Å²) < 4.78 is 4.70. The van der Waals surface area contributed by atoms with Gasteiger partial charge in [0.25, 0.3) is 0 Å². The summed E-state index contributed by atoms with van der Waals surface area (Å²) in [6, 6.07) is 7.51. The predicted molar refractivity (Wildman–Crippen MR) is 96.3 cm³/mol. The molecular weight excluding hydrogens is 310 g/mol. The van der Waals surface area contributed by atoms with Crippen LogP contribution in [0.2, 0.25) is 0 Å². The average Bonchev–Trinajstić information content (AvgIpc) is 3.11. The lowest BCUT2D eigenvalue weighted by Gasteiger charge is -2.14. The first-order chi connectivity index (χ1) is 11.2. The summed E-state index contributed by atoms with van der Waals surface area (Å²) in [6.07, 6.45) is 3.49. The minimum Gasteiger partial charge on any atom is -0.465 e. The fourth-order valence-corrected chi connectivity index (χ4v) is 3.69. The van der Waals surface area contributed by atoms with E-state index >= 15 is 0 Å². The summed E-state index contributed by atoms with van der Waals surface area (Å²) in [7, 11) is 3.19. The zero-order valence-electron chi connectivity index (χ0n) is 13.8. The number of hydrogen-bond donors (Lipinski definition) is 2. The Morgan fingerprint density at radius 1 is 1.35 bits per heavy atom. The van der Waals surface area contributed by atoms with Gasteiger partial charge in [-0.25, -0.2) is 4.79 Å². The van der Waals surface area contributed by atoms with Crippen molar-refractivity contribution in [3.05, 3.63) is 35.4 Å². The third kappa shape index (κ3) is 5.78. The Morgan fingerprint density at radius 3 is 2.74 bits per heavy atom. The molecule has 0 radical (unpaired) electrons. The molecule has 1 aromatic carbocycles. The Kier molecular flexibility index (Phi) is 7.26. The molecule has 1 fully saturated rings. The highest BCUT2D eigenvalue weighted by Gasteiger charge is 2.15. The monoisotopic (exact) mass is 335 g/mol. The van der Waals surface area contributed by atoms with Crippen LogP contribution >= 0.6 is 11.8 Å². The zero-order valence-corrected chi connectivity index (χ0v) is 14.6. The summed E-state index contributed by atoms with van der Waals surface area (Å²) in [4.78, 5) is 15.6. The quantitative estimate of drug-likeness (QED) is 0.473. The maximum Gasteiger partial charge on any atom is 0.337 e. The van der Waals surface area contributed by atoms with Crippen LogP contribution in [0.25, 0.3) is 0 Å². The van der Waals surface area contributed by atoms with E-state index in [1.54, 1.807) is 19.2 Å². The topological polar surface area (TPSA) is 62.7 Å². The summed E-state index contributed by atoms with van der Waals surface area (Å²) in [6.45, 7) is 1.77. The lowest BCUT2D eigenvalue weighted by molar-refractivity contribution is 0.0600. The molecule has 126 valence electrons. The number of rotatable bonds is 6. The molecule has 0 saturated carbocycles. The van der Waals surface area contributed by atoms with E-state index in [-0.39, 0.29) is 5.97 Å². The number of ether oxygens (including phenoxy) is 1. The van der Waals surface area contributed by atoms with Crippen molar-refractivity contribution in [2.45, 2.75) is 24.5 Å². The minimum atomic E-state index is -0.302. The van der Waals surface area contributed by atoms with Crippen molar-refractivity contribution < 1.29 is 9.53 Å². The van der Waals surface area contributed by atoms with Gasteiger partial charge < -0.3 is 15.4 Å². The highest BCUT2D eigenvalue weighted by Crippen LogP contribution is 2.25. The summed E-state index contributed by atoms with van der Waals surface area (Å²) in [5.41, 5.74) is 1.75. The molecule has 0 amide bonds. The molecule has 0 aromatic heterocycles. The van der Waals surface area contributed by atoms with Crippen LogP contribution in [0.5, 0.6) is 0 Å². The van der Waals surface area contributed by atoms with Crippen molar-refractivity contribution in [3.8, 4) is 0 Å². The van der Waals surface area contributed by atoms with Gasteiger partial charge in [-0.05, 0) is 42.7 Å². The molecule has 6 heteroatoms. The van der Waals surface area contributed by atoms with Crippen LogP contribution in [0, 0.1) is 0 Å². The maximum atomic E-state index is 11.4. The van der Waals surface area contributed by atoms with E-state index in [0.717, 1.165) is 25.5 Å². The van der Waals surface area contributed by atoms with Crippen molar-refractivity contribution in [1.82, 2.24) is 10.6 Å². The second-order valence-electron chi connectivity index (χ2n) is 5.45. The van der Waals surface area contributed by atoms with Gasteiger partial charge in [-0.3, -0.25) is 4.99 Å². The number of nitrogens with zero attached hydrogens (tertiary/aromatic N) is 1. The number of carbonyl (C=O) groups is 1. The number of esters is 1. The molecule has 23 heavy (non-hydrogen) atoms. The fourth-order valence-electron chi connectivity index (χ4n) is 2.49. The van der Waals surface area contributed by atoms with Crippen molar-refractivity contribution in [2.24, 2.45) is 4.99 Å². The average molecular weight is 335 g/mol. The normalized spacial score (nSPS) is 17.8. The third-order valence-electron chi connectivity index (χ3n) is 3.83. The minimum absolute atomic E-state index is 0.302. The number of thioether (sulfide) groups is 1. The van der Waals surface area contributed by atoms with Crippen molar-refractivity contribution in [3.63, 3.8) is 0 Å². The molecule has 1 aliphatic heterocycles. The molecule has 1 saturated heterocycles. The van der Waals surface area contributed by atoms with Gasteiger partial charge in [-0.1, -0.05) is 12.1 Å². The van der Waals surface area contributed by atoms with Crippen LogP contribution in [0.4, 0.5) is 0 Å². The predicted octanol–water partition coefficient (Wildman–Crippen LogP) is 2.08. The van der Waals surface area contributed by atoms with Gasteiger partial charge in [-0.2, -0.15) is 11.8 Å². The van der Waals surface area contributed by atoms with Crippen molar-refractivity contribution in [1.29, 1.82) is 0 Å². The lowest BCUT2D eigenvalue weighted by Crippen LogP contribution is -2.40. The molecule has 5 nitrogen and oxygen atoms in total. The smallest absolute Gasteiger partial charge is 0.337 e. The van der Waals surface area contributed by atoms with E-state index in [1.807, 2.05) is 23.9 Å². The van der Waals surface area contributed by atoms with Crippen LogP contribution in [0.3, 0.4) is 0 Å². The molecule has 2 rings (SSSR count). The van der Waals surface area contributed by atoms with E-state index in [0.29, 0.717) is 10.8 Å². The number of nitrogens with one attached hydrogen (secondary N) is 2. The number of guanidine groups is 1. The van der Waals surface area contributed by atoms with Gasteiger partial charge in [-0.15, -0.1) is 0 Å². The molecule has 1 aromatic rings. The zero-order chi connectivity index (χ0) is 16.5. The van der Waals surface area contributed by atoms with E-state index in [9.17, 15) is 4.79 Å². The molecule has 1 unspecified atom stereocenters. The highest BCUT2D eigenvalue weighted by atomic mass is 32.2. The van der Waals surface area contributed by atoms with Gasteiger partial charge >= 0.3 is 5.97 Å². The lowest BCUT2D eigenvalue weighted by atomic mass is 10.1. The number of carbonyl (C=O) groups excluding carboxylic acids is 1. The first-order valence-corrected chi connectivity index (χ1v) is 9.01. The second-order valence-corrected chi connectivity index (χ2v) is 6.86. The Labute approximate surface area is 142 Å². The number of hydrogen-bond acceptors (Lipinski definition) is 4. The van der Waals surface area contributed by atoms with Crippen molar-refractivity contribution in [2.75, 3.05) is 33.0 Å². The van der Waals surface area contributed by atoms with E-state index in [1.165, 1.54) is 31.3 Å². The van der Waals surface area contributed by atoms with E-state index < -0.39 is 0 Å². The van der Waals surface area contributed by atoms with Crippen LogP contribution < -0.4 is 10.6 Å². The largest absolute Gasteiger partial charge is 0.465 e. The number of methoxy groups -OCH3 is 1. The molecule has 2 N–H and O–H groups in total. The number of benzene rings is 1. The molecule has 0 spiro atoms. The Morgan fingerprint density at radius 2 is 2.13 bits per heavy atom. The Balaban J connectivity index is 1.71. The van der Waals surface area contributed by atoms with Gasteiger partial charge in [0.05, 0.1) is 12.7 Å². The summed E-state index contributed by atoms with van der Waals surface area (Å²) in [5, 5.41) is 7.42. The van der Waals surface area contributed by atoms with E-state index in [2.05, 4.69) is 15.6 Å². The Bertz CT molecular complexity index is 525. The highest BCUT2D eigenvalue weighted by molar-refractivity contribution is 8.00. The summed E-state index contributed by atoms with van der Waals surface area (Å²) in [5.74, 6) is 1.83. The molecule has 1 heterocycles. The third-order valence-corrected chi connectivity index (χ3v) is 5.22. The van der Waals surface area contributed by atoms with E-state index in [4.69, 9.17) is 4.74 Å². The molecule has 0 aliphatic carbocycles. The van der Waals surface area contributed by atoms with Crippen LogP contribution in [0.15, 0.2) is 29.3 Å². The van der Waals surface area contributed by atoms with Crippen LogP contribution in [0.1, 0.15) is 28.8 Å². The standard InChI is InChI=1S/C17H25N3O2S/c1-18-17(20-12-15-4-3-11-23-15)19-10-9-13-5-7-14(8-6-13)16(21)22-2/h5-8,15H,3-4,9-12H2,1-2H3,(H2,18,19,20). The van der Waals surface area contributed by atoms with Crippen LogP contribution in [-0.4, -0.2) is 50.2 Å². The molecule has 1 aliphatic rings. The van der Waals surface area contributed by atoms with Gasteiger partial charge in [0, 0.05) is 25.4 Å². The fraction of sp³-hybridized carbons (Fsp3) is 0.529. The SMILES string of the molecule is CN=C(NCCc1ccc(C(=O)OC)cc1)NCC1CCCS1. The first-order valence-electron chi connectivity index (χ1n) is 7.96. The Hall–Kier alpha value is -1.69. The van der Waals surface area contributed by atoms with Gasteiger partial charge in [0.2, 0.25) is 0 Å². The van der Waals surface area contributed by atoms with Gasteiger partial charge in [0.1, 0.15) is 0 Å². The number of aliphatic imine (C=N–C) groups is 1.